The molecule has 0 saturated carbocycles. The van der Waals surface area contributed by atoms with Crippen molar-refractivity contribution >= 4 is 0 Å². The lowest BCUT2D eigenvalue weighted by Gasteiger charge is -1.97. The highest BCUT2D eigenvalue weighted by molar-refractivity contribution is 5.15. The van der Waals surface area contributed by atoms with Gasteiger partial charge in [0.05, 0.1) is 0 Å². The van der Waals surface area contributed by atoms with Gasteiger partial charge in [-0.3, -0.25) is 0 Å². The van der Waals surface area contributed by atoms with Gasteiger partial charge in [0.2, 0.25) is 0 Å². The molecule has 0 atom stereocenters. The van der Waals surface area contributed by atoms with Gasteiger partial charge in [0.15, 0.2) is 0 Å². The molecule has 70 valence electrons. The Morgan fingerprint density at radius 1 is 1.15 bits per heavy atom. The van der Waals surface area contributed by atoms with Crippen molar-refractivity contribution in [3.8, 4) is 0 Å². The van der Waals surface area contributed by atoms with Crippen molar-refractivity contribution in [3.63, 3.8) is 0 Å². The van der Waals surface area contributed by atoms with Crippen molar-refractivity contribution in [3.05, 3.63) is 48.0 Å². The second-order valence-electron chi connectivity index (χ2n) is 3.70. The van der Waals surface area contributed by atoms with Gasteiger partial charge in [0.25, 0.3) is 0 Å². The molecule has 0 amide bonds. The van der Waals surface area contributed by atoms with Crippen LogP contribution in [0.25, 0.3) is 0 Å². The minimum atomic E-state index is 0.677. The molecule has 1 aromatic rings. The average molecular weight is 174 g/mol. The Morgan fingerprint density at radius 3 is 2.46 bits per heavy atom. The Balaban J connectivity index is 2.28. The molecule has 0 aromatic heterocycles. The van der Waals surface area contributed by atoms with Crippen molar-refractivity contribution in [1.29, 1.82) is 0 Å². The van der Waals surface area contributed by atoms with Gasteiger partial charge in [0, 0.05) is 0 Å². The van der Waals surface area contributed by atoms with Crippen LogP contribution in [0.4, 0.5) is 0 Å². The lowest BCUT2D eigenvalue weighted by molar-refractivity contribution is 0.821. The van der Waals surface area contributed by atoms with Crippen molar-refractivity contribution in [2.45, 2.75) is 26.7 Å². The van der Waals surface area contributed by atoms with Crippen LogP contribution in [0.15, 0.2) is 42.5 Å². The summed E-state index contributed by atoms with van der Waals surface area (Å²) in [6.07, 6.45) is 6.85. The van der Waals surface area contributed by atoms with Gasteiger partial charge in [-0.2, -0.15) is 0 Å². The molecule has 1 rings (SSSR count). The molecular formula is C13H18. The van der Waals surface area contributed by atoms with Crippen LogP contribution < -0.4 is 0 Å². The van der Waals surface area contributed by atoms with Crippen molar-refractivity contribution in [2.75, 3.05) is 0 Å². The van der Waals surface area contributed by atoms with Gasteiger partial charge < -0.3 is 0 Å². The number of rotatable bonds is 4. The second kappa shape index (κ2) is 5.58. The smallest absolute Gasteiger partial charge is 0.0244 e. The maximum absolute atomic E-state index is 2.28. The first-order chi connectivity index (χ1) is 6.29. The standard InChI is InChI=1S/C13H18/c1-12(2)8-6-7-11-13-9-4-3-5-10-13/h3-6,8-10,12H,7,11H2,1-2H3/b8-6+. The van der Waals surface area contributed by atoms with Crippen LogP contribution in [0.2, 0.25) is 0 Å². The summed E-state index contributed by atoms with van der Waals surface area (Å²) in [4.78, 5) is 0. The SMILES string of the molecule is CC(C)/C=C/CCc1ccccc1. The molecule has 0 N–H and O–H groups in total. The van der Waals surface area contributed by atoms with Crippen LogP contribution in [0.1, 0.15) is 25.8 Å². The van der Waals surface area contributed by atoms with Gasteiger partial charge in [-0.05, 0) is 24.3 Å². The predicted octanol–water partition coefficient (Wildman–Crippen LogP) is 3.83. The Kier molecular flexibility index (Phi) is 4.31. The van der Waals surface area contributed by atoms with Crippen LogP contribution in [-0.4, -0.2) is 0 Å². The monoisotopic (exact) mass is 174 g/mol. The molecule has 0 aliphatic rings. The van der Waals surface area contributed by atoms with Crippen LogP contribution in [-0.2, 0) is 6.42 Å². The van der Waals surface area contributed by atoms with Crippen LogP contribution in [0, 0.1) is 5.92 Å². The molecule has 0 unspecified atom stereocenters. The molecule has 0 aliphatic carbocycles. The third-order valence-electron chi connectivity index (χ3n) is 1.96. The zero-order valence-corrected chi connectivity index (χ0v) is 8.53. The topological polar surface area (TPSA) is 0 Å². The Morgan fingerprint density at radius 2 is 1.85 bits per heavy atom. The van der Waals surface area contributed by atoms with E-state index in [1.807, 2.05) is 0 Å². The minimum absolute atomic E-state index is 0.677. The van der Waals surface area contributed by atoms with E-state index in [1.54, 1.807) is 0 Å². The van der Waals surface area contributed by atoms with Crippen LogP contribution in [0.3, 0.4) is 0 Å². The third kappa shape index (κ3) is 4.51. The third-order valence-corrected chi connectivity index (χ3v) is 1.96. The van der Waals surface area contributed by atoms with E-state index in [9.17, 15) is 0 Å². The number of hydrogen-bond acceptors (Lipinski definition) is 0. The van der Waals surface area contributed by atoms with Crippen molar-refractivity contribution < 1.29 is 0 Å². The van der Waals surface area contributed by atoms with Gasteiger partial charge in [-0.25, -0.2) is 0 Å². The van der Waals surface area contributed by atoms with E-state index in [0.717, 1.165) is 12.8 Å². The Hall–Kier alpha value is -1.04. The summed E-state index contributed by atoms with van der Waals surface area (Å²) in [5.41, 5.74) is 1.43. The van der Waals surface area contributed by atoms with E-state index < -0.39 is 0 Å². The molecule has 0 heteroatoms. The number of benzene rings is 1. The van der Waals surface area contributed by atoms with Gasteiger partial charge in [-0.1, -0.05) is 56.3 Å². The Labute approximate surface area is 81.3 Å². The lowest BCUT2D eigenvalue weighted by atomic mass is 10.1. The molecular weight excluding hydrogens is 156 g/mol. The fourth-order valence-electron chi connectivity index (χ4n) is 1.26. The predicted molar refractivity (Wildman–Crippen MR) is 58.7 cm³/mol. The zero-order valence-electron chi connectivity index (χ0n) is 8.53. The largest absolute Gasteiger partial charge is 0.0880 e. The fourth-order valence-corrected chi connectivity index (χ4v) is 1.26. The molecule has 0 spiro atoms. The first-order valence-corrected chi connectivity index (χ1v) is 4.99. The van der Waals surface area contributed by atoms with E-state index in [0.29, 0.717) is 5.92 Å². The summed E-state index contributed by atoms with van der Waals surface area (Å²) >= 11 is 0. The zero-order chi connectivity index (χ0) is 9.52. The second-order valence-corrected chi connectivity index (χ2v) is 3.70. The molecule has 0 radical (unpaired) electrons. The molecule has 0 saturated heterocycles. The van der Waals surface area contributed by atoms with Crippen molar-refractivity contribution in [1.82, 2.24) is 0 Å². The van der Waals surface area contributed by atoms with Crippen LogP contribution >= 0.6 is 0 Å². The average Bonchev–Trinajstić information content (AvgIpc) is 2.14. The quantitative estimate of drug-likeness (QED) is 0.608. The maximum Gasteiger partial charge on any atom is -0.0244 e. The molecule has 1 aromatic carbocycles. The molecule has 0 heterocycles. The van der Waals surface area contributed by atoms with E-state index >= 15 is 0 Å². The highest BCUT2D eigenvalue weighted by Gasteiger charge is 1.88. The summed E-state index contributed by atoms with van der Waals surface area (Å²) in [5, 5.41) is 0. The summed E-state index contributed by atoms with van der Waals surface area (Å²) in [6, 6.07) is 10.6. The summed E-state index contributed by atoms with van der Waals surface area (Å²) in [6.45, 7) is 4.41. The molecule has 0 nitrogen and oxygen atoms in total. The van der Waals surface area contributed by atoms with Gasteiger partial charge in [-0.15, -0.1) is 0 Å². The fraction of sp³-hybridized carbons (Fsp3) is 0.385. The number of hydrogen-bond donors (Lipinski definition) is 0. The van der Waals surface area contributed by atoms with E-state index in [1.165, 1.54) is 5.56 Å². The highest BCUT2D eigenvalue weighted by Crippen LogP contribution is 2.03. The van der Waals surface area contributed by atoms with Gasteiger partial charge in [0.1, 0.15) is 0 Å². The number of aryl methyl sites for hydroxylation is 1. The highest BCUT2D eigenvalue weighted by atomic mass is 13.9. The van der Waals surface area contributed by atoms with Gasteiger partial charge >= 0.3 is 0 Å². The molecule has 0 aliphatic heterocycles. The maximum atomic E-state index is 2.28. The first kappa shape index (κ1) is 10.0. The lowest BCUT2D eigenvalue weighted by Crippen LogP contribution is -1.82. The molecule has 0 fully saturated rings. The Bertz CT molecular complexity index is 244. The van der Waals surface area contributed by atoms with Crippen molar-refractivity contribution in [2.24, 2.45) is 5.92 Å². The molecule has 13 heavy (non-hydrogen) atoms. The summed E-state index contributed by atoms with van der Waals surface area (Å²) < 4.78 is 0. The summed E-state index contributed by atoms with van der Waals surface area (Å²) in [7, 11) is 0. The normalized spacial score (nSPS) is 11.3. The first-order valence-electron chi connectivity index (χ1n) is 4.99. The van der Waals surface area contributed by atoms with Crippen LogP contribution in [0.5, 0.6) is 0 Å². The van der Waals surface area contributed by atoms with E-state index in [2.05, 4.69) is 56.3 Å². The van der Waals surface area contributed by atoms with E-state index in [-0.39, 0.29) is 0 Å². The summed E-state index contributed by atoms with van der Waals surface area (Å²) in [5.74, 6) is 0.677. The van der Waals surface area contributed by atoms with E-state index in [4.69, 9.17) is 0 Å². The molecule has 0 bridgehead atoms. The minimum Gasteiger partial charge on any atom is -0.0880 e. The number of allylic oxidation sites excluding steroid dienone is 2.